The minimum absolute atomic E-state index is 0.309. The van der Waals surface area contributed by atoms with E-state index in [0.717, 1.165) is 37.4 Å². The van der Waals surface area contributed by atoms with Crippen molar-refractivity contribution < 1.29 is 9.53 Å². The van der Waals surface area contributed by atoms with Gasteiger partial charge >= 0.3 is 0 Å². The van der Waals surface area contributed by atoms with Crippen molar-refractivity contribution in [2.75, 3.05) is 24.6 Å². The first-order valence-electron chi connectivity index (χ1n) is 6.29. The van der Waals surface area contributed by atoms with Crippen molar-refractivity contribution in [2.45, 2.75) is 26.2 Å². The van der Waals surface area contributed by atoms with Crippen molar-refractivity contribution in [3.63, 3.8) is 0 Å². The largest absolute Gasteiger partial charge is 0.491 e. The summed E-state index contributed by atoms with van der Waals surface area (Å²) in [7, 11) is 0. The van der Waals surface area contributed by atoms with Crippen molar-refractivity contribution in [1.29, 1.82) is 0 Å². The number of Topliss-reactive ketones (excluding diaryl/α,β-unsaturated/α-hetero) is 1. The molecule has 3 heteroatoms. The minimum atomic E-state index is 0.309. The smallest absolute Gasteiger partial charge is 0.152 e. The predicted molar refractivity (Wildman–Crippen MR) is 68.7 cm³/mol. The molecule has 17 heavy (non-hydrogen) atoms. The lowest BCUT2D eigenvalue weighted by Crippen LogP contribution is -2.30. The number of hydrogen-bond acceptors (Lipinski definition) is 3. The highest BCUT2D eigenvalue weighted by Gasteiger charge is 2.17. The summed E-state index contributed by atoms with van der Waals surface area (Å²) in [4.78, 5) is 13.9. The Morgan fingerprint density at radius 3 is 3.06 bits per heavy atom. The van der Waals surface area contributed by atoms with E-state index in [1.807, 2.05) is 31.2 Å². The number of hydrogen-bond donors (Lipinski definition) is 0. The van der Waals surface area contributed by atoms with Gasteiger partial charge in [0.25, 0.3) is 0 Å². The normalized spacial score (nSPS) is 14.8. The van der Waals surface area contributed by atoms with Gasteiger partial charge < -0.3 is 9.64 Å². The molecule has 1 aromatic carbocycles. The maximum atomic E-state index is 11.8. The van der Waals surface area contributed by atoms with Gasteiger partial charge in [-0.1, -0.05) is 19.1 Å². The average molecular weight is 233 g/mol. The lowest BCUT2D eigenvalue weighted by atomic mass is 10.2. The highest BCUT2D eigenvalue weighted by atomic mass is 16.5. The number of ether oxygens (including phenoxy) is 1. The molecule has 0 fully saturated rings. The zero-order chi connectivity index (χ0) is 12.1. The fourth-order valence-electron chi connectivity index (χ4n) is 2.13. The summed E-state index contributed by atoms with van der Waals surface area (Å²) >= 11 is 0. The third-order valence-corrected chi connectivity index (χ3v) is 2.93. The Morgan fingerprint density at radius 2 is 2.24 bits per heavy atom. The molecule has 1 aliphatic heterocycles. The first kappa shape index (κ1) is 12.0. The van der Waals surface area contributed by atoms with Crippen molar-refractivity contribution in [2.24, 2.45) is 0 Å². The van der Waals surface area contributed by atoms with Crippen LogP contribution in [0.3, 0.4) is 0 Å². The highest BCUT2D eigenvalue weighted by Crippen LogP contribution is 2.30. The number of para-hydroxylation sites is 2. The molecule has 1 heterocycles. The number of rotatable bonds is 4. The SMILES string of the molecule is CCCC(=O)CN1CCCOc2ccccc21. The molecular weight excluding hydrogens is 214 g/mol. The summed E-state index contributed by atoms with van der Waals surface area (Å²) in [6.07, 6.45) is 2.55. The van der Waals surface area contributed by atoms with Crippen LogP contribution in [0.2, 0.25) is 0 Å². The Kier molecular flexibility index (Phi) is 4.02. The minimum Gasteiger partial charge on any atom is -0.491 e. The predicted octanol–water partition coefficient (Wildman–Crippen LogP) is 2.64. The Labute approximate surface area is 102 Å². The Hall–Kier alpha value is -1.51. The molecule has 0 saturated carbocycles. The number of benzene rings is 1. The molecule has 2 rings (SSSR count). The quantitative estimate of drug-likeness (QED) is 0.800. The molecule has 1 aromatic rings. The second-order valence-electron chi connectivity index (χ2n) is 4.38. The average Bonchev–Trinajstić information content (AvgIpc) is 2.53. The maximum absolute atomic E-state index is 11.8. The van der Waals surface area contributed by atoms with Crippen LogP contribution in [0, 0.1) is 0 Å². The molecule has 92 valence electrons. The van der Waals surface area contributed by atoms with E-state index in [1.54, 1.807) is 0 Å². The van der Waals surface area contributed by atoms with Gasteiger partial charge in [-0.05, 0) is 25.0 Å². The van der Waals surface area contributed by atoms with E-state index in [9.17, 15) is 4.79 Å². The number of carbonyl (C=O) groups excluding carboxylic acids is 1. The van der Waals surface area contributed by atoms with Gasteiger partial charge in [0.1, 0.15) is 5.75 Å². The summed E-state index contributed by atoms with van der Waals surface area (Å²) in [5.41, 5.74) is 1.05. The highest BCUT2D eigenvalue weighted by molar-refractivity contribution is 5.84. The molecule has 0 atom stereocenters. The van der Waals surface area contributed by atoms with Crippen LogP contribution in [0.4, 0.5) is 5.69 Å². The van der Waals surface area contributed by atoms with Crippen LogP contribution in [0.1, 0.15) is 26.2 Å². The molecule has 0 N–H and O–H groups in total. The summed E-state index contributed by atoms with van der Waals surface area (Å²) in [6, 6.07) is 7.96. The number of carbonyl (C=O) groups is 1. The first-order chi connectivity index (χ1) is 8.31. The first-order valence-corrected chi connectivity index (χ1v) is 6.29. The number of ketones is 1. The molecule has 0 amide bonds. The molecular formula is C14H19NO2. The molecule has 0 aliphatic carbocycles. The van der Waals surface area contributed by atoms with Gasteiger partial charge in [-0.15, -0.1) is 0 Å². The van der Waals surface area contributed by atoms with E-state index < -0.39 is 0 Å². The lowest BCUT2D eigenvalue weighted by Gasteiger charge is -2.22. The van der Waals surface area contributed by atoms with Crippen LogP contribution in [0.15, 0.2) is 24.3 Å². The van der Waals surface area contributed by atoms with Crippen LogP contribution < -0.4 is 9.64 Å². The maximum Gasteiger partial charge on any atom is 0.152 e. The van der Waals surface area contributed by atoms with Gasteiger partial charge in [0.15, 0.2) is 5.78 Å². The standard InChI is InChI=1S/C14H19NO2/c1-2-6-12(16)11-15-9-5-10-17-14-8-4-3-7-13(14)15/h3-4,7-8H,2,5-6,9-11H2,1H3. The molecule has 3 nitrogen and oxygen atoms in total. The second-order valence-corrected chi connectivity index (χ2v) is 4.38. The molecule has 0 saturated heterocycles. The molecule has 1 aliphatic rings. The van der Waals surface area contributed by atoms with Gasteiger partial charge in [-0.25, -0.2) is 0 Å². The van der Waals surface area contributed by atoms with Crippen molar-refractivity contribution in [3.8, 4) is 5.75 Å². The second kappa shape index (κ2) is 5.71. The summed E-state index contributed by atoms with van der Waals surface area (Å²) < 4.78 is 5.67. The van der Waals surface area contributed by atoms with Gasteiger partial charge in [-0.3, -0.25) is 4.79 Å². The van der Waals surface area contributed by atoms with E-state index in [2.05, 4.69) is 4.90 Å². The summed E-state index contributed by atoms with van der Waals surface area (Å²) in [5.74, 6) is 1.21. The van der Waals surface area contributed by atoms with E-state index in [4.69, 9.17) is 4.74 Å². The molecule has 0 radical (unpaired) electrons. The van der Waals surface area contributed by atoms with Crippen molar-refractivity contribution in [3.05, 3.63) is 24.3 Å². The molecule has 0 aromatic heterocycles. The van der Waals surface area contributed by atoms with Gasteiger partial charge in [0.05, 0.1) is 18.8 Å². The van der Waals surface area contributed by atoms with E-state index in [-0.39, 0.29) is 0 Å². The van der Waals surface area contributed by atoms with Crippen LogP contribution in [-0.2, 0) is 4.79 Å². The van der Waals surface area contributed by atoms with Crippen molar-refractivity contribution >= 4 is 11.5 Å². The van der Waals surface area contributed by atoms with Gasteiger partial charge in [-0.2, -0.15) is 0 Å². The van der Waals surface area contributed by atoms with Crippen LogP contribution in [0.25, 0.3) is 0 Å². The lowest BCUT2D eigenvalue weighted by molar-refractivity contribution is -0.117. The molecule has 0 spiro atoms. The van der Waals surface area contributed by atoms with Gasteiger partial charge in [0, 0.05) is 13.0 Å². The van der Waals surface area contributed by atoms with E-state index >= 15 is 0 Å². The fraction of sp³-hybridized carbons (Fsp3) is 0.500. The topological polar surface area (TPSA) is 29.5 Å². The number of nitrogens with zero attached hydrogens (tertiary/aromatic N) is 1. The zero-order valence-electron chi connectivity index (χ0n) is 10.3. The van der Waals surface area contributed by atoms with Crippen molar-refractivity contribution in [1.82, 2.24) is 0 Å². The van der Waals surface area contributed by atoms with E-state index in [1.165, 1.54) is 0 Å². The number of anilines is 1. The Balaban J connectivity index is 2.14. The fourth-order valence-corrected chi connectivity index (χ4v) is 2.13. The van der Waals surface area contributed by atoms with Gasteiger partial charge in [0.2, 0.25) is 0 Å². The molecule has 0 bridgehead atoms. The summed E-state index contributed by atoms with van der Waals surface area (Å²) in [6.45, 7) is 4.17. The Morgan fingerprint density at radius 1 is 1.41 bits per heavy atom. The number of fused-ring (bicyclic) bond motifs is 1. The van der Waals surface area contributed by atoms with Crippen LogP contribution >= 0.6 is 0 Å². The van der Waals surface area contributed by atoms with E-state index in [0.29, 0.717) is 18.7 Å². The Bertz CT molecular complexity index is 390. The van der Waals surface area contributed by atoms with Crippen LogP contribution in [0.5, 0.6) is 5.75 Å². The van der Waals surface area contributed by atoms with Crippen LogP contribution in [-0.4, -0.2) is 25.5 Å². The molecule has 0 unspecified atom stereocenters. The third-order valence-electron chi connectivity index (χ3n) is 2.93. The monoisotopic (exact) mass is 233 g/mol. The zero-order valence-corrected chi connectivity index (χ0v) is 10.3. The third kappa shape index (κ3) is 2.99. The summed E-state index contributed by atoms with van der Waals surface area (Å²) in [5, 5.41) is 0.